The van der Waals surface area contributed by atoms with Crippen LogP contribution in [0, 0.1) is 6.92 Å². The highest BCUT2D eigenvalue weighted by Gasteiger charge is 2.24. The Bertz CT molecular complexity index is 719. The molecule has 1 N–H and O–H groups in total. The molecule has 1 aromatic carbocycles. The Morgan fingerprint density at radius 1 is 1.04 bits per heavy atom. The quantitative estimate of drug-likeness (QED) is 0.898. The highest BCUT2D eigenvalue weighted by Crippen LogP contribution is 2.12. The number of carbonyl (C=O) groups is 2. The van der Waals surface area contributed by atoms with Gasteiger partial charge in [0.25, 0.3) is 5.91 Å². The van der Waals surface area contributed by atoms with Crippen LogP contribution in [0.25, 0.3) is 0 Å². The summed E-state index contributed by atoms with van der Waals surface area (Å²) in [6.07, 6.45) is 0. The zero-order valence-electron chi connectivity index (χ0n) is 14.4. The molecular formula is C19H23N3O3. The second-order valence-corrected chi connectivity index (χ2v) is 6.24. The van der Waals surface area contributed by atoms with Crippen LogP contribution in [0.1, 0.15) is 21.9 Å². The van der Waals surface area contributed by atoms with Crippen molar-refractivity contribution in [3.63, 3.8) is 0 Å². The molecule has 0 spiro atoms. The minimum Gasteiger partial charge on any atom is -0.456 e. The van der Waals surface area contributed by atoms with E-state index in [0.717, 1.165) is 11.3 Å². The van der Waals surface area contributed by atoms with Crippen molar-refractivity contribution in [2.45, 2.75) is 13.5 Å². The number of nitrogens with zero attached hydrogens (tertiary/aromatic N) is 2. The van der Waals surface area contributed by atoms with E-state index in [1.807, 2.05) is 37.3 Å². The lowest BCUT2D eigenvalue weighted by Crippen LogP contribution is -2.51. The van der Waals surface area contributed by atoms with Gasteiger partial charge >= 0.3 is 0 Å². The lowest BCUT2D eigenvalue weighted by Gasteiger charge is -2.33. The Labute approximate surface area is 147 Å². The highest BCUT2D eigenvalue weighted by atomic mass is 16.3. The van der Waals surface area contributed by atoms with E-state index in [1.165, 1.54) is 0 Å². The fourth-order valence-corrected chi connectivity index (χ4v) is 2.87. The van der Waals surface area contributed by atoms with Crippen molar-refractivity contribution in [1.29, 1.82) is 0 Å². The second kappa shape index (κ2) is 7.98. The summed E-state index contributed by atoms with van der Waals surface area (Å²) in [6.45, 7) is 5.29. The maximum absolute atomic E-state index is 12.3. The highest BCUT2D eigenvalue weighted by molar-refractivity contribution is 5.91. The molecule has 0 bridgehead atoms. The zero-order valence-corrected chi connectivity index (χ0v) is 14.4. The average molecular weight is 341 g/mol. The molecule has 2 heterocycles. The van der Waals surface area contributed by atoms with E-state index in [2.05, 4.69) is 10.2 Å². The first-order valence-electron chi connectivity index (χ1n) is 8.50. The van der Waals surface area contributed by atoms with Gasteiger partial charge in [0.15, 0.2) is 5.76 Å². The third-order valence-corrected chi connectivity index (χ3v) is 4.31. The second-order valence-electron chi connectivity index (χ2n) is 6.24. The molecule has 3 rings (SSSR count). The van der Waals surface area contributed by atoms with Crippen LogP contribution in [0.4, 0.5) is 0 Å². The van der Waals surface area contributed by atoms with Crippen LogP contribution in [-0.4, -0.2) is 54.3 Å². The van der Waals surface area contributed by atoms with Gasteiger partial charge in [0.1, 0.15) is 5.76 Å². The van der Waals surface area contributed by atoms with E-state index in [9.17, 15) is 9.59 Å². The summed E-state index contributed by atoms with van der Waals surface area (Å²) < 4.78 is 5.39. The average Bonchev–Trinajstić information content (AvgIpc) is 3.07. The summed E-state index contributed by atoms with van der Waals surface area (Å²) in [7, 11) is 0. The topological polar surface area (TPSA) is 65.8 Å². The molecule has 2 aromatic rings. The van der Waals surface area contributed by atoms with Crippen LogP contribution in [0.5, 0.6) is 0 Å². The fourth-order valence-electron chi connectivity index (χ4n) is 2.87. The Morgan fingerprint density at radius 3 is 2.40 bits per heavy atom. The molecule has 25 heavy (non-hydrogen) atoms. The molecular weight excluding hydrogens is 318 g/mol. The van der Waals surface area contributed by atoms with Crippen LogP contribution < -0.4 is 5.32 Å². The Morgan fingerprint density at radius 2 is 1.76 bits per heavy atom. The number of hydrogen-bond donors (Lipinski definition) is 1. The number of hydrogen-bond acceptors (Lipinski definition) is 4. The Kier molecular flexibility index (Phi) is 5.50. The normalized spacial score (nSPS) is 15.2. The summed E-state index contributed by atoms with van der Waals surface area (Å²) in [5, 5.41) is 2.93. The van der Waals surface area contributed by atoms with E-state index in [4.69, 9.17) is 4.42 Å². The first kappa shape index (κ1) is 17.2. The number of benzene rings is 1. The smallest absolute Gasteiger partial charge is 0.289 e. The third kappa shape index (κ3) is 4.70. The number of rotatable bonds is 5. The molecule has 0 unspecified atom stereocenters. The van der Waals surface area contributed by atoms with E-state index >= 15 is 0 Å². The molecule has 132 valence electrons. The van der Waals surface area contributed by atoms with Gasteiger partial charge in [0.2, 0.25) is 5.91 Å². The molecule has 1 aliphatic heterocycles. The molecule has 0 saturated carbocycles. The van der Waals surface area contributed by atoms with Crippen LogP contribution in [0.2, 0.25) is 0 Å². The van der Waals surface area contributed by atoms with Crippen molar-refractivity contribution in [3.8, 4) is 0 Å². The molecule has 1 aliphatic rings. The van der Waals surface area contributed by atoms with Gasteiger partial charge in [-0.3, -0.25) is 14.5 Å². The first-order valence-corrected chi connectivity index (χ1v) is 8.50. The number of aryl methyl sites for hydroxylation is 1. The molecule has 0 radical (unpaired) electrons. The lowest BCUT2D eigenvalue weighted by molar-refractivity contribution is -0.122. The molecule has 2 amide bonds. The molecule has 6 nitrogen and oxygen atoms in total. The van der Waals surface area contributed by atoms with Crippen molar-refractivity contribution < 1.29 is 14.0 Å². The van der Waals surface area contributed by atoms with Crippen LogP contribution >= 0.6 is 0 Å². The summed E-state index contributed by atoms with van der Waals surface area (Å²) in [5.74, 6) is 1.04. The number of furan rings is 1. The Hall–Kier alpha value is -2.60. The van der Waals surface area contributed by atoms with E-state index < -0.39 is 0 Å². The lowest BCUT2D eigenvalue weighted by atomic mass is 10.2. The van der Waals surface area contributed by atoms with Gasteiger partial charge in [-0.05, 0) is 24.6 Å². The van der Waals surface area contributed by atoms with Crippen LogP contribution in [-0.2, 0) is 11.3 Å². The predicted octanol–water partition coefficient (Wildman–Crippen LogP) is 1.66. The van der Waals surface area contributed by atoms with Crippen LogP contribution in [0.3, 0.4) is 0 Å². The van der Waals surface area contributed by atoms with Gasteiger partial charge in [0, 0.05) is 32.7 Å². The standard InChI is InChI=1S/C19H23N3O3/c1-15-7-8-17(25-15)19(24)22-11-9-21(10-12-22)14-18(23)20-13-16-5-3-2-4-6-16/h2-8H,9-14H2,1H3,(H,20,23). The van der Waals surface area contributed by atoms with Gasteiger partial charge in [-0.25, -0.2) is 0 Å². The fraction of sp³-hybridized carbons (Fsp3) is 0.368. The maximum Gasteiger partial charge on any atom is 0.289 e. The van der Waals surface area contributed by atoms with Crippen molar-refractivity contribution in [2.24, 2.45) is 0 Å². The molecule has 0 aliphatic carbocycles. The number of nitrogens with one attached hydrogen (secondary N) is 1. The Balaban J connectivity index is 1.41. The van der Waals surface area contributed by atoms with E-state index in [0.29, 0.717) is 45.0 Å². The van der Waals surface area contributed by atoms with Crippen molar-refractivity contribution in [2.75, 3.05) is 32.7 Å². The summed E-state index contributed by atoms with van der Waals surface area (Å²) in [5.41, 5.74) is 1.08. The monoisotopic (exact) mass is 341 g/mol. The summed E-state index contributed by atoms with van der Waals surface area (Å²) in [6, 6.07) is 13.3. The predicted molar refractivity (Wildman–Crippen MR) is 94.1 cm³/mol. The molecule has 1 aromatic heterocycles. The van der Waals surface area contributed by atoms with Gasteiger partial charge in [0.05, 0.1) is 6.54 Å². The van der Waals surface area contributed by atoms with Crippen molar-refractivity contribution >= 4 is 11.8 Å². The largest absolute Gasteiger partial charge is 0.456 e. The van der Waals surface area contributed by atoms with Crippen molar-refractivity contribution in [3.05, 3.63) is 59.5 Å². The van der Waals surface area contributed by atoms with Gasteiger partial charge < -0.3 is 14.6 Å². The van der Waals surface area contributed by atoms with Crippen LogP contribution in [0.15, 0.2) is 46.9 Å². The molecule has 1 fully saturated rings. The molecule has 1 saturated heterocycles. The first-order chi connectivity index (χ1) is 12.1. The minimum absolute atomic E-state index is 0.00490. The van der Waals surface area contributed by atoms with Crippen molar-refractivity contribution in [1.82, 2.24) is 15.1 Å². The molecule has 0 atom stereocenters. The van der Waals surface area contributed by atoms with Gasteiger partial charge in [-0.15, -0.1) is 0 Å². The summed E-state index contributed by atoms with van der Waals surface area (Å²) in [4.78, 5) is 28.3. The SMILES string of the molecule is Cc1ccc(C(=O)N2CCN(CC(=O)NCc3ccccc3)CC2)o1. The number of amides is 2. The van der Waals surface area contributed by atoms with Gasteiger partial charge in [-0.2, -0.15) is 0 Å². The maximum atomic E-state index is 12.3. The zero-order chi connectivity index (χ0) is 17.6. The minimum atomic E-state index is -0.0821. The van der Waals surface area contributed by atoms with E-state index in [-0.39, 0.29) is 11.8 Å². The van der Waals surface area contributed by atoms with Gasteiger partial charge in [-0.1, -0.05) is 30.3 Å². The van der Waals surface area contributed by atoms with E-state index in [1.54, 1.807) is 17.0 Å². The number of carbonyl (C=O) groups excluding carboxylic acids is 2. The summed E-state index contributed by atoms with van der Waals surface area (Å²) >= 11 is 0. The number of piperazine rings is 1. The third-order valence-electron chi connectivity index (χ3n) is 4.31. The molecule has 6 heteroatoms.